The van der Waals surface area contributed by atoms with Gasteiger partial charge in [-0.3, -0.25) is 4.79 Å². The van der Waals surface area contributed by atoms with Gasteiger partial charge in [-0.15, -0.1) is 0 Å². The molecule has 0 heterocycles. The zero-order valence-electron chi connectivity index (χ0n) is 8.73. The van der Waals surface area contributed by atoms with Gasteiger partial charge in [0, 0.05) is 21.9 Å². The number of rotatable bonds is 0. The molecule has 0 N–H and O–H groups in total. The summed E-state index contributed by atoms with van der Waals surface area (Å²) >= 11 is 12.1. The molecule has 3 heteroatoms. The molecule has 0 atom stereocenters. The predicted molar refractivity (Wildman–Crippen MR) is 62.8 cm³/mol. The number of Topliss-reactive ketones (excluding diaryl/α,β-unsaturated/α-hetero) is 1. The number of ketones is 1. The van der Waals surface area contributed by atoms with Crippen LogP contribution in [0.25, 0.3) is 0 Å². The van der Waals surface area contributed by atoms with Crippen LogP contribution < -0.4 is 0 Å². The Morgan fingerprint density at radius 3 is 2.53 bits per heavy atom. The molecule has 1 aliphatic carbocycles. The number of hydrogen-bond acceptors (Lipinski definition) is 1. The monoisotopic (exact) mass is 242 g/mol. The second-order valence-electron chi connectivity index (χ2n) is 4.47. The Hall–Kier alpha value is -0.530. The highest BCUT2D eigenvalue weighted by Gasteiger charge is 2.36. The van der Waals surface area contributed by atoms with Gasteiger partial charge in [-0.1, -0.05) is 23.2 Å². The summed E-state index contributed by atoms with van der Waals surface area (Å²) in [4.78, 5) is 11.8. The quantitative estimate of drug-likeness (QED) is 0.677. The Labute approximate surface area is 99.4 Å². The van der Waals surface area contributed by atoms with Crippen molar-refractivity contribution in [2.24, 2.45) is 0 Å². The topological polar surface area (TPSA) is 17.1 Å². The third kappa shape index (κ3) is 1.68. The molecule has 0 fully saturated rings. The second-order valence-corrected chi connectivity index (χ2v) is 5.31. The van der Waals surface area contributed by atoms with Crippen LogP contribution in [0, 0.1) is 0 Å². The molecule has 0 unspecified atom stereocenters. The SMILES string of the molecule is CC1(C)C(=O)CCc2cc(Cl)cc(Cl)c21. The Morgan fingerprint density at radius 2 is 1.87 bits per heavy atom. The molecular formula is C12H12Cl2O. The molecule has 0 amide bonds. The molecule has 1 aromatic rings. The van der Waals surface area contributed by atoms with E-state index in [4.69, 9.17) is 23.2 Å². The van der Waals surface area contributed by atoms with Crippen molar-refractivity contribution in [2.75, 3.05) is 0 Å². The summed E-state index contributed by atoms with van der Waals surface area (Å²) in [5.74, 6) is 0.249. The molecule has 1 aromatic carbocycles. The summed E-state index contributed by atoms with van der Waals surface area (Å²) in [5.41, 5.74) is 1.58. The second kappa shape index (κ2) is 3.50. The van der Waals surface area contributed by atoms with Gasteiger partial charge >= 0.3 is 0 Å². The summed E-state index contributed by atoms with van der Waals surface area (Å²) in [6.45, 7) is 3.85. The Bertz CT molecular complexity index is 435. The van der Waals surface area contributed by atoms with Gasteiger partial charge in [0.1, 0.15) is 5.78 Å². The van der Waals surface area contributed by atoms with E-state index in [1.54, 1.807) is 6.07 Å². The largest absolute Gasteiger partial charge is 0.299 e. The fourth-order valence-corrected chi connectivity index (χ4v) is 3.00. The van der Waals surface area contributed by atoms with Gasteiger partial charge < -0.3 is 0 Å². The Morgan fingerprint density at radius 1 is 1.20 bits per heavy atom. The summed E-state index contributed by atoms with van der Waals surface area (Å²) in [6, 6.07) is 3.62. The number of carbonyl (C=O) groups is 1. The number of hydrogen-bond donors (Lipinski definition) is 0. The van der Waals surface area contributed by atoms with Gasteiger partial charge in [-0.25, -0.2) is 0 Å². The van der Waals surface area contributed by atoms with Crippen molar-refractivity contribution in [3.8, 4) is 0 Å². The van der Waals surface area contributed by atoms with E-state index in [9.17, 15) is 4.79 Å². The summed E-state index contributed by atoms with van der Waals surface area (Å²) in [6.07, 6.45) is 1.33. The van der Waals surface area contributed by atoms with Crippen LogP contribution in [0.2, 0.25) is 10.0 Å². The summed E-state index contributed by atoms with van der Waals surface area (Å²) in [7, 11) is 0. The summed E-state index contributed by atoms with van der Waals surface area (Å²) in [5, 5.41) is 1.25. The minimum absolute atomic E-state index is 0.249. The van der Waals surface area contributed by atoms with Crippen LogP contribution in [0.5, 0.6) is 0 Å². The van der Waals surface area contributed by atoms with Crippen molar-refractivity contribution in [1.82, 2.24) is 0 Å². The molecule has 0 aromatic heterocycles. The molecule has 2 rings (SSSR count). The lowest BCUT2D eigenvalue weighted by molar-refractivity contribution is -0.124. The molecule has 0 saturated carbocycles. The van der Waals surface area contributed by atoms with E-state index in [2.05, 4.69) is 0 Å². The fraction of sp³-hybridized carbons (Fsp3) is 0.417. The summed E-state index contributed by atoms with van der Waals surface area (Å²) < 4.78 is 0. The van der Waals surface area contributed by atoms with Gasteiger partial charge in [-0.05, 0) is 43.5 Å². The first-order valence-corrected chi connectivity index (χ1v) is 5.70. The molecule has 0 saturated heterocycles. The standard InChI is InChI=1S/C12H12Cl2O/c1-12(2)10(15)4-3-7-5-8(13)6-9(14)11(7)12/h5-6H,3-4H2,1-2H3. The molecule has 15 heavy (non-hydrogen) atoms. The van der Waals surface area contributed by atoms with E-state index in [-0.39, 0.29) is 5.78 Å². The normalized spacial score (nSPS) is 18.8. The first kappa shape index (κ1) is 11.0. The Kier molecular flexibility index (Phi) is 2.56. The first-order chi connectivity index (χ1) is 6.93. The molecule has 0 radical (unpaired) electrons. The fourth-order valence-electron chi connectivity index (χ4n) is 2.22. The lowest BCUT2D eigenvalue weighted by Gasteiger charge is -2.32. The van der Waals surface area contributed by atoms with Gasteiger partial charge in [-0.2, -0.15) is 0 Å². The van der Waals surface area contributed by atoms with E-state index in [0.717, 1.165) is 17.5 Å². The van der Waals surface area contributed by atoms with Crippen LogP contribution in [-0.4, -0.2) is 5.78 Å². The van der Waals surface area contributed by atoms with Crippen molar-refractivity contribution < 1.29 is 4.79 Å². The minimum Gasteiger partial charge on any atom is -0.299 e. The molecule has 0 aliphatic heterocycles. The average molecular weight is 243 g/mol. The third-order valence-corrected chi connectivity index (χ3v) is 3.60. The third-order valence-electron chi connectivity index (χ3n) is 3.08. The Balaban J connectivity index is 2.69. The number of halogens is 2. The van der Waals surface area contributed by atoms with Crippen molar-refractivity contribution in [3.63, 3.8) is 0 Å². The molecule has 0 bridgehead atoms. The predicted octanol–water partition coefficient (Wildman–Crippen LogP) is 3.79. The van der Waals surface area contributed by atoms with Crippen molar-refractivity contribution in [1.29, 1.82) is 0 Å². The number of fused-ring (bicyclic) bond motifs is 1. The molecule has 1 aliphatic rings. The van der Waals surface area contributed by atoms with E-state index in [1.807, 2.05) is 19.9 Å². The van der Waals surface area contributed by atoms with Crippen LogP contribution in [-0.2, 0) is 16.6 Å². The highest BCUT2D eigenvalue weighted by Crippen LogP contribution is 2.40. The molecule has 1 nitrogen and oxygen atoms in total. The lowest BCUT2D eigenvalue weighted by Crippen LogP contribution is -2.34. The van der Waals surface area contributed by atoms with Crippen molar-refractivity contribution in [2.45, 2.75) is 32.1 Å². The maximum absolute atomic E-state index is 11.8. The van der Waals surface area contributed by atoms with Crippen molar-refractivity contribution >= 4 is 29.0 Å². The average Bonchev–Trinajstić information content (AvgIpc) is 2.10. The maximum atomic E-state index is 11.8. The maximum Gasteiger partial charge on any atom is 0.143 e. The molecular weight excluding hydrogens is 231 g/mol. The number of carbonyl (C=O) groups excluding carboxylic acids is 1. The van der Waals surface area contributed by atoms with Crippen LogP contribution in [0.1, 0.15) is 31.4 Å². The molecule has 80 valence electrons. The van der Waals surface area contributed by atoms with Crippen LogP contribution in [0.15, 0.2) is 12.1 Å². The van der Waals surface area contributed by atoms with E-state index >= 15 is 0 Å². The highest BCUT2D eigenvalue weighted by atomic mass is 35.5. The van der Waals surface area contributed by atoms with E-state index in [1.165, 1.54) is 0 Å². The highest BCUT2D eigenvalue weighted by molar-refractivity contribution is 6.35. The van der Waals surface area contributed by atoms with Crippen LogP contribution in [0.3, 0.4) is 0 Å². The van der Waals surface area contributed by atoms with E-state index < -0.39 is 5.41 Å². The zero-order valence-corrected chi connectivity index (χ0v) is 10.2. The lowest BCUT2D eigenvalue weighted by atomic mass is 9.72. The van der Waals surface area contributed by atoms with Gasteiger partial charge in [0.05, 0.1) is 0 Å². The van der Waals surface area contributed by atoms with Gasteiger partial charge in [0.25, 0.3) is 0 Å². The van der Waals surface area contributed by atoms with E-state index in [0.29, 0.717) is 16.5 Å². The zero-order chi connectivity index (χ0) is 11.2. The van der Waals surface area contributed by atoms with Crippen molar-refractivity contribution in [3.05, 3.63) is 33.3 Å². The van der Waals surface area contributed by atoms with Crippen LogP contribution in [0.4, 0.5) is 0 Å². The van der Waals surface area contributed by atoms with Gasteiger partial charge in [0.2, 0.25) is 0 Å². The smallest absolute Gasteiger partial charge is 0.143 e. The number of benzene rings is 1. The first-order valence-electron chi connectivity index (χ1n) is 4.94. The molecule has 0 spiro atoms. The number of aryl methyl sites for hydroxylation is 1. The van der Waals surface area contributed by atoms with Gasteiger partial charge in [0.15, 0.2) is 0 Å². The van der Waals surface area contributed by atoms with Crippen LogP contribution >= 0.6 is 23.2 Å². The minimum atomic E-state index is -0.477.